The molecule has 1 heterocycles. The highest BCUT2D eigenvalue weighted by molar-refractivity contribution is 7.16. The number of carbonyl (C=O) groups excluding carboxylic acids is 2. The van der Waals surface area contributed by atoms with Crippen LogP contribution in [0.25, 0.3) is 0 Å². The van der Waals surface area contributed by atoms with Crippen LogP contribution in [0.2, 0.25) is 5.02 Å². The maximum atomic E-state index is 13.3. The standard InChI is InChI=1S/C23H30ClN3O2S/c1-3-5-14-27(15-6-4-2)22(29)18-8-7-9-19-20(18)25-23(30-19)26-21(28)16-10-12-17(24)13-11-16/h10-13,18H,3-9,14-15H2,1-2H3,(H,25,26,28). The monoisotopic (exact) mass is 447 g/mol. The highest BCUT2D eigenvalue weighted by Gasteiger charge is 2.33. The molecule has 1 unspecified atom stereocenters. The Morgan fingerprint density at radius 2 is 1.83 bits per heavy atom. The minimum Gasteiger partial charge on any atom is -0.342 e. The molecule has 0 saturated carbocycles. The summed E-state index contributed by atoms with van der Waals surface area (Å²) in [4.78, 5) is 33.7. The van der Waals surface area contributed by atoms with E-state index < -0.39 is 0 Å². The van der Waals surface area contributed by atoms with Gasteiger partial charge in [-0.25, -0.2) is 4.98 Å². The maximum Gasteiger partial charge on any atom is 0.257 e. The molecule has 0 bridgehead atoms. The van der Waals surface area contributed by atoms with Crippen LogP contribution in [0.3, 0.4) is 0 Å². The van der Waals surface area contributed by atoms with Gasteiger partial charge in [-0.2, -0.15) is 0 Å². The van der Waals surface area contributed by atoms with E-state index in [4.69, 9.17) is 16.6 Å². The normalized spacial score (nSPS) is 15.5. The number of rotatable bonds is 9. The number of aryl methyl sites for hydroxylation is 1. The van der Waals surface area contributed by atoms with E-state index in [1.807, 2.05) is 4.90 Å². The van der Waals surface area contributed by atoms with Gasteiger partial charge in [0, 0.05) is 28.6 Å². The molecule has 1 aromatic heterocycles. The van der Waals surface area contributed by atoms with E-state index >= 15 is 0 Å². The Kier molecular flexibility index (Phi) is 8.28. The highest BCUT2D eigenvalue weighted by Crippen LogP contribution is 2.38. The predicted molar refractivity (Wildman–Crippen MR) is 124 cm³/mol. The number of nitrogens with zero attached hydrogens (tertiary/aromatic N) is 2. The summed E-state index contributed by atoms with van der Waals surface area (Å²) in [5.74, 6) is -0.216. The van der Waals surface area contributed by atoms with Crippen molar-refractivity contribution >= 4 is 39.9 Å². The van der Waals surface area contributed by atoms with Gasteiger partial charge in [-0.05, 0) is 56.4 Å². The largest absolute Gasteiger partial charge is 0.342 e. The summed E-state index contributed by atoms with van der Waals surface area (Å²) in [6.45, 7) is 5.92. The fourth-order valence-electron chi connectivity index (χ4n) is 3.73. The second-order valence-electron chi connectivity index (χ2n) is 7.77. The Hall–Kier alpha value is -1.92. The van der Waals surface area contributed by atoms with Crippen LogP contribution in [0.1, 0.15) is 79.2 Å². The summed E-state index contributed by atoms with van der Waals surface area (Å²) in [5, 5.41) is 4.05. The van der Waals surface area contributed by atoms with Gasteiger partial charge in [-0.3, -0.25) is 14.9 Å². The van der Waals surface area contributed by atoms with Gasteiger partial charge < -0.3 is 4.90 Å². The third-order valence-electron chi connectivity index (χ3n) is 5.45. The van der Waals surface area contributed by atoms with Crippen LogP contribution >= 0.6 is 22.9 Å². The molecule has 0 radical (unpaired) electrons. The average Bonchev–Trinajstić information content (AvgIpc) is 3.16. The fourth-order valence-corrected chi connectivity index (χ4v) is 4.92. The first-order valence-electron chi connectivity index (χ1n) is 10.9. The van der Waals surface area contributed by atoms with E-state index in [1.165, 1.54) is 11.3 Å². The molecular weight excluding hydrogens is 418 g/mol. The molecule has 1 aliphatic carbocycles. The van der Waals surface area contributed by atoms with E-state index in [2.05, 4.69) is 19.2 Å². The third-order valence-corrected chi connectivity index (χ3v) is 6.75. The van der Waals surface area contributed by atoms with Crippen LogP contribution in [0.4, 0.5) is 5.13 Å². The molecule has 0 spiro atoms. The molecule has 0 fully saturated rings. The molecular formula is C23H30ClN3O2S. The quantitative estimate of drug-likeness (QED) is 0.520. The molecule has 3 rings (SSSR count). The number of anilines is 1. The number of unbranched alkanes of at least 4 members (excludes halogenated alkanes) is 2. The number of thiazole rings is 1. The van der Waals surface area contributed by atoms with Crippen molar-refractivity contribution in [1.82, 2.24) is 9.88 Å². The van der Waals surface area contributed by atoms with E-state index in [-0.39, 0.29) is 17.7 Å². The molecule has 1 N–H and O–H groups in total. The molecule has 1 aliphatic rings. The highest BCUT2D eigenvalue weighted by atomic mass is 35.5. The topological polar surface area (TPSA) is 62.3 Å². The summed E-state index contributed by atoms with van der Waals surface area (Å²) in [6, 6.07) is 6.77. The Labute approximate surface area is 187 Å². The number of amides is 2. The van der Waals surface area contributed by atoms with Crippen molar-refractivity contribution in [2.24, 2.45) is 0 Å². The smallest absolute Gasteiger partial charge is 0.257 e. The zero-order valence-corrected chi connectivity index (χ0v) is 19.3. The first kappa shape index (κ1) is 22.8. The molecule has 1 atom stereocenters. The van der Waals surface area contributed by atoms with E-state index in [0.717, 1.165) is 68.6 Å². The fraction of sp³-hybridized carbons (Fsp3) is 0.522. The number of carbonyl (C=O) groups is 2. The van der Waals surface area contributed by atoms with Gasteiger partial charge in [0.1, 0.15) is 0 Å². The molecule has 0 aliphatic heterocycles. The Bertz CT molecular complexity index is 858. The number of aromatic nitrogens is 1. The Morgan fingerprint density at radius 1 is 1.17 bits per heavy atom. The van der Waals surface area contributed by atoms with Crippen molar-refractivity contribution in [1.29, 1.82) is 0 Å². The lowest BCUT2D eigenvalue weighted by Crippen LogP contribution is -2.37. The SMILES string of the molecule is CCCCN(CCCC)C(=O)C1CCCc2sc(NC(=O)c3ccc(Cl)cc3)nc21. The molecule has 2 amide bonds. The number of hydrogen-bond acceptors (Lipinski definition) is 4. The Balaban J connectivity index is 1.75. The lowest BCUT2D eigenvalue weighted by atomic mass is 9.89. The summed E-state index contributed by atoms with van der Waals surface area (Å²) >= 11 is 7.39. The van der Waals surface area contributed by atoms with Crippen molar-refractivity contribution in [3.63, 3.8) is 0 Å². The van der Waals surface area contributed by atoms with Gasteiger partial charge in [-0.15, -0.1) is 11.3 Å². The van der Waals surface area contributed by atoms with Crippen LogP contribution in [0.5, 0.6) is 0 Å². The van der Waals surface area contributed by atoms with Crippen LogP contribution < -0.4 is 5.32 Å². The van der Waals surface area contributed by atoms with Gasteiger partial charge in [0.2, 0.25) is 5.91 Å². The van der Waals surface area contributed by atoms with Crippen molar-refractivity contribution in [2.75, 3.05) is 18.4 Å². The van der Waals surface area contributed by atoms with Crippen molar-refractivity contribution in [3.8, 4) is 0 Å². The zero-order valence-electron chi connectivity index (χ0n) is 17.7. The Morgan fingerprint density at radius 3 is 2.47 bits per heavy atom. The number of nitrogens with one attached hydrogen (secondary N) is 1. The van der Waals surface area contributed by atoms with Gasteiger partial charge in [-0.1, -0.05) is 38.3 Å². The molecule has 7 heteroatoms. The first-order chi connectivity index (χ1) is 14.5. The summed E-state index contributed by atoms with van der Waals surface area (Å²) < 4.78 is 0. The van der Waals surface area contributed by atoms with E-state index in [0.29, 0.717) is 15.7 Å². The van der Waals surface area contributed by atoms with Gasteiger partial charge in [0.05, 0.1) is 11.6 Å². The van der Waals surface area contributed by atoms with Crippen molar-refractivity contribution in [2.45, 2.75) is 64.7 Å². The third kappa shape index (κ3) is 5.61. The number of fused-ring (bicyclic) bond motifs is 1. The molecule has 2 aromatic rings. The average molecular weight is 448 g/mol. The summed E-state index contributed by atoms with van der Waals surface area (Å²) in [7, 11) is 0. The maximum absolute atomic E-state index is 13.3. The van der Waals surface area contributed by atoms with Gasteiger partial charge in [0.15, 0.2) is 5.13 Å². The number of halogens is 1. The lowest BCUT2D eigenvalue weighted by Gasteiger charge is -2.29. The summed E-state index contributed by atoms with van der Waals surface area (Å²) in [6.07, 6.45) is 6.91. The van der Waals surface area contributed by atoms with E-state index in [1.54, 1.807) is 24.3 Å². The van der Waals surface area contributed by atoms with Gasteiger partial charge in [0.25, 0.3) is 5.91 Å². The van der Waals surface area contributed by atoms with E-state index in [9.17, 15) is 9.59 Å². The van der Waals surface area contributed by atoms with Crippen molar-refractivity contribution < 1.29 is 9.59 Å². The molecule has 1 aromatic carbocycles. The first-order valence-corrected chi connectivity index (χ1v) is 12.1. The second-order valence-corrected chi connectivity index (χ2v) is 9.29. The van der Waals surface area contributed by atoms with Crippen LogP contribution in [-0.2, 0) is 11.2 Å². The lowest BCUT2D eigenvalue weighted by molar-refractivity contribution is -0.133. The van der Waals surface area contributed by atoms with Crippen LogP contribution in [0.15, 0.2) is 24.3 Å². The molecule has 0 saturated heterocycles. The molecule has 30 heavy (non-hydrogen) atoms. The minimum atomic E-state index is -0.215. The zero-order chi connectivity index (χ0) is 21.5. The molecule has 5 nitrogen and oxygen atoms in total. The number of hydrogen-bond donors (Lipinski definition) is 1. The molecule has 162 valence electrons. The van der Waals surface area contributed by atoms with Crippen molar-refractivity contribution in [3.05, 3.63) is 45.4 Å². The van der Waals surface area contributed by atoms with Crippen LogP contribution in [-0.4, -0.2) is 34.8 Å². The van der Waals surface area contributed by atoms with Crippen LogP contribution in [0, 0.1) is 0 Å². The predicted octanol–water partition coefficient (Wildman–Crippen LogP) is 5.90. The van der Waals surface area contributed by atoms with Gasteiger partial charge >= 0.3 is 0 Å². The number of benzene rings is 1. The second kappa shape index (κ2) is 10.9. The summed E-state index contributed by atoms with van der Waals surface area (Å²) in [5.41, 5.74) is 1.39. The minimum absolute atomic E-state index is 0.193.